The van der Waals surface area contributed by atoms with E-state index in [0.29, 0.717) is 24.9 Å². The third-order valence-corrected chi connectivity index (χ3v) is 3.25. The molecule has 1 aliphatic heterocycles. The molecule has 0 saturated carbocycles. The van der Waals surface area contributed by atoms with Crippen molar-refractivity contribution in [3.05, 3.63) is 0 Å². The van der Waals surface area contributed by atoms with Crippen LogP contribution in [0.4, 0.5) is 0 Å². The zero-order chi connectivity index (χ0) is 12.8. The molecule has 0 spiro atoms. The molecule has 2 unspecified atom stereocenters. The van der Waals surface area contributed by atoms with Crippen LogP contribution < -0.4 is 16.6 Å². The van der Waals surface area contributed by atoms with Crippen LogP contribution in [0.2, 0.25) is 0 Å². The minimum atomic E-state index is -0.273. The molecular weight excluding hydrogens is 220 g/mol. The minimum absolute atomic E-state index is 0.189. The monoisotopic (exact) mass is 242 g/mol. The van der Waals surface area contributed by atoms with E-state index >= 15 is 0 Å². The van der Waals surface area contributed by atoms with Gasteiger partial charge < -0.3 is 5.73 Å². The molecule has 1 fully saturated rings. The van der Waals surface area contributed by atoms with Gasteiger partial charge in [-0.25, -0.2) is 0 Å². The summed E-state index contributed by atoms with van der Waals surface area (Å²) >= 11 is 0. The zero-order valence-corrected chi connectivity index (χ0v) is 10.5. The smallest absolute Gasteiger partial charge is 0.252 e. The third-order valence-electron chi connectivity index (χ3n) is 3.25. The van der Waals surface area contributed by atoms with Gasteiger partial charge in [0.05, 0.1) is 6.54 Å². The number of nitrogens with one attached hydrogen (secondary N) is 2. The Labute approximate surface area is 102 Å². The van der Waals surface area contributed by atoms with E-state index in [1.807, 2.05) is 0 Å². The van der Waals surface area contributed by atoms with Gasteiger partial charge in [-0.15, -0.1) is 0 Å². The summed E-state index contributed by atoms with van der Waals surface area (Å²) in [5, 5.41) is 0. The van der Waals surface area contributed by atoms with E-state index in [1.54, 1.807) is 0 Å². The first kappa shape index (κ1) is 13.9. The molecule has 17 heavy (non-hydrogen) atoms. The second-order valence-electron chi connectivity index (χ2n) is 4.73. The predicted molar refractivity (Wildman–Crippen MR) is 64.7 cm³/mol. The van der Waals surface area contributed by atoms with Gasteiger partial charge in [0.15, 0.2) is 0 Å². The van der Waals surface area contributed by atoms with Gasteiger partial charge in [-0.05, 0) is 31.3 Å². The fraction of sp³-hybridized carbons (Fsp3) is 0.818. The summed E-state index contributed by atoms with van der Waals surface area (Å²) in [4.78, 5) is 24.2. The molecule has 0 aromatic rings. The van der Waals surface area contributed by atoms with E-state index in [1.165, 1.54) is 6.92 Å². The molecule has 98 valence electrons. The van der Waals surface area contributed by atoms with Crippen LogP contribution in [0.1, 0.15) is 20.3 Å². The second-order valence-corrected chi connectivity index (χ2v) is 4.73. The highest BCUT2D eigenvalue weighted by atomic mass is 16.2. The van der Waals surface area contributed by atoms with E-state index in [-0.39, 0.29) is 11.8 Å². The summed E-state index contributed by atoms with van der Waals surface area (Å²) in [7, 11) is 0. The number of hydrogen-bond donors (Lipinski definition) is 3. The van der Waals surface area contributed by atoms with Crippen LogP contribution in [-0.4, -0.2) is 42.9 Å². The van der Waals surface area contributed by atoms with E-state index in [4.69, 9.17) is 5.73 Å². The lowest BCUT2D eigenvalue weighted by atomic mass is 9.87. The predicted octanol–water partition coefficient (Wildman–Crippen LogP) is -0.930. The number of carbonyl (C=O) groups excluding carboxylic acids is 2. The normalized spacial score (nSPS) is 25.4. The maximum Gasteiger partial charge on any atom is 0.252 e. The lowest BCUT2D eigenvalue weighted by Crippen LogP contribution is -2.49. The van der Waals surface area contributed by atoms with E-state index in [9.17, 15) is 9.59 Å². The van der Waals surface area contributed by atoms with E-state index in [2.05, 4.69) is 22.7 Å². The fourth-order valence-electron chi connectivity index (χ4n) is 2.08. The zero-order valence-electron chi connectivity index (χ0n) is 10.5. The molecule has 6 heteroatoms. The lowest BCUT2D eigenvalue weighted by Gasteiger charge is -2.36. The number of nitrogens with zero attached hydrogens (tertiary/aromatic N) is 1. The molecule has 2 atom stereocenters. The van der Waals surface area contributed by atoms with Crippen molar-refractivity contribution in [2.75, 3.05) is 26.2 Å². The first-order chi connectivity index (χ1) is 8.02. The van der Waals surface area contributed by atoms with Gasteiger partial charge in [0, 0.05) is 13.5 Å². The number of likely N-dealkylation sites (tertiary alicyclic amines) is 1. The van der Waals surface area contributed by atoms with Crippen LogP contribution >= 0.6 is 0 Å². The average molecular weight is 242 g/mol. The van der Waals surface area contributed by atoms with Crippen molar-refractivity contribution in [3.8, 4) is 0 Å². The van der Waals surface area contributed by atoms with Crippen LogP contribution in [0.15, 0.2) is 0 Å². The molecule has 0 bridgehead atoms. The number of hydrogen-bond acceptors (Lipinski definition) is 4. The summed E-state index contributed by atoms with van der Waals surface area (Å²) in [6.07, 6.45) is 1.06. The van der Waals surface area contributed by atoms with Gasteiger partial charge in [-0.3, -0.25) is 25.3 Å². The molecule has 1 aliphatic rings. The standard InChI is InChI=1S/C11H22N4O2/c1-8-3-4-15(6-10(8)5-12)7-11(17)14-13-9(2)16/h8,10H,3-7,12H2,1-2H3,(H,13,16)(H,14,17). The minimum Gasteiger partial charge on any atom is -0.330 e. The quantitative estimate of drug-likeness (QED) is 0.558. The Balaban J connectivity index is 2.31. The molecule has 2 amide bonds. The van der Waals surface area contributed by atoms with Crippen LogP contribution in [0.3, 0.4) is 0 Å². The van der Waals surface area contributed by atoms with Gasteiger partial charge in [-0.2, -0.15) is 0 Å². The summed E-state index contributed by atoms with van der Waals surface area (Å²) in [5.74, 6) is 0.614. The van der Waals surface area contributed by atoms with Gasteiger partial charge in [0.1, 0.15) is 0 Å². The lowest BCUT2D eigenvalue weighted by molar-refractivity contribution is -0.128. The Morgan fingerprint density at radius 3 is 2.71 bits per heavy atom. The second kappa shape index (κ2) is 6.56. The third kappa shape index (κ3) is 4.70. The first-order valence-corrected chi connectivity index (χ1v) is 6.00. The van der Waals surface area contributed by atoms with E-state index < -0.39 is 0 Å². The molecule has 0 aliphatic carbocycles. The van der Waals surface area contributed by atoms with Crippen molar-refractivity contribution < 1.29 is 9.59 Å². The molecule has 1 heterocycles. The fourth-order valence-corrected chi connectivity index (χ4v) is 2.08. The summed E-state index contributed by atoms with van der Waals surface area (Å²) in [6, 6.07) is 0. The number of rotatable bonds is 3. The van der Waals surface area contributed by atoms with Gasteiger partial charge in [-0.1, -0.05) is 6.92 Å². The molecule has 0 aromatic carbocycles. The van der Waals surface area contributed by atoms with Crippen LogP contribution in [-0.2, 0) is 9.59 Å². The number of nitrogens with two attached hydrogens (primary N) is 1. The van der Waals surface area contributed by atoms with Crippen LogP contribution in [0.25, 0.3) is 0 Å². The molecular formula is C11H22N4O2. The average Bonchev–Trinajstić information content (AvgIpc) is 2.29. The molecule has 6 nitrogen and oxygen atoms in total. The van der Waals surface area contributed by atoms with Crippen molar-refractivity contribution >= 4 is 11.8 Å². The van der Waals surface area contributed by atoms with Crippen molar-refractivity contribution in [2.45, 2.75) is 20.3 Å². The van der Waals surface area contributed by atoms with Gasteiger partial charge >= 0.3 is 0 Å². The number of piperidine rings is 1. The highest BCUT2D eigenvalue weighted by Gasteiger charge is 2.25. The number of amides is 2. The van der Waals surface area contributed by atoms with Crippen LogP contribution in [0.5, 0.6) is 0 Å². The maximum absolute atomic E-state index is 11.5. The Morgan fingerprint density at radius 1 is 1.41 bits per heavy atom. The van der Waals surface area contributed by atoms with Crippen molar-refractivity contribution in [2.24, 2.45) is 17.6 Å². The number of hydrazine groups is 1. The highest BCUT2D eigenvalue weighted by molar-refractivity contribution is 5.81. The summed E-state index contributed by atoms with van der Waals surface area (Å²) in [5.41, 5.74) is 10.3. The Morgan fingerprint density at radius 2 is 2.12 bits per heavy atom. The largest absolute Gasteiger partial charge is 0.330 e. The van der Waals surface area contributed by atoms with Gasteiger partial charge in [0.25, 0.3) is 5.91 Å². The molecule has 4 N–H and O–H groups in total. The van der Waals surface area contributed by atoms with E-state index in [0.717, 1.165) is 19.5 Å². The first-order valence-electron chi connectivity index (χ1n) is 6.00. The summed E-state index contributed by atoms with van der Waals surface area (Å²) in [6.45, 7) is 6.28. The SMILES string of the molecule is CC(=O)NNC(=O)CN1CCC(C)C(CN)C1. The van der Waals surface area contributed by atoms with Crippen molar-refractivity contribution in [1.29, 1.82) is 0 Å². The summed E-state index contributed by atoms with van der Waals surface area (Å²) < 4.78 is 0. The molecule has 1 saturated heterocycles. The maximum atomic E-state index is 11.5. The van der Waals surface area contributed by atoms with Gasteiger partial charge in [0.2, 0.25) is 5.91 Å². The molecule has 0 aromatic heterocycles. The Kier molecular flexibility index (Phi) is 5.37. The topological polar surface area (TPSA) is 87.5 Å². The Hall–Kier alpha value is -1.14. The molecule has 0 radical (unpaired) electrons. The highest BCUT2D eigenvalue weighted by Crippen LogP contribution is 2.21. The van der Waals surface area contributed by atoms with Crippen molar-refractivity contribution in [1.82, 2.24) is 15.8 Å². The van der Waals surface area contributed by atoms with Crippen LogP contribution in [0, 0.1) is 11.8 Å². The van der Waals surface area contributed by atoms with Crippen molar-refractivity contribution in [3.63, 3.8) is 0 Å². The molecule has 1 rings (SSSR count). The number of carbonyl (C=O) groups is 2. The Bertz CT molecular complexity index is 283.